The fourth-order valence-corrected chi connectivity index (χ4v) is 3.20. The summed E-state index contributed by atoms with van der Waals surface area (Å²) in [5.41, 5.74) is 1.07. The molecule has 0 radical (unpaired) electrons. The molecule has 0 aliphatic heterocycles. The van der Waals surface area contributed by atoms with Gasteiger partial charge in [0.15, 0.2) is 0 Å². The molecule has 0 saturated heterocycles. The SMILES string of the molecule is COC(=O)C(=O)c1c(CP(=O)(OC)OC)[nH]c2ccccc12. The number of ether oxygens (including phenoxy) is 1. The highest BCUT2D eigenvalue weighted by atomic mass is 31.2. The lowest BCUT2D eigenvalue weighted by atomic mass is 10.1. The van der Waals surface area contributed by atoms with Crippen molar-refractivity contribution >= 4 is 30.3 Å². The van der Waals surface area contributed by atoms with Gasteiger partial charge in [-0.3, -0.25) is 9.36 Å². The first-order chi connectivity index (χ1) is 10.5. The number of aromatic amines is 1. The maximum atomic E-state index is 12.3. The van der Waals surface area contributed by atoms with Crippen molar-refractivity contribution in [2.45, 2.75) is 6.16 Å². The van der Waals surface area contributed by atoms with Crippen LogP contribution in [0.2, 0.25) is 0 Å². The van der Waals surface area contributed by atoms with Crippen LogP contribution >= 0.6 is 7.60 Å². The molecule has 0 aliphatic carbocycles. The van der Waals surface area contributed by atoms with E-state index in [9.17, 15) is 14.2 Å². The molecule has 7 nitrogen and oxygen atoms in total. The first kappa shape index (κ1) is 16.4. The summed E-state index contributed by atoms with van der Waals surface area (Å²) in [5.74, 6) is -1.80. The van der Waals surface area contributed by atoms with Crippen LogP contribution < -0.4 is 0 Å². The highest BCUT2D eigenvalue weighted by molar-refractivity contribution is 7.52. The Bertz CT molecular complexity index is 758. The first-order valence-electron chi connectivity index (χ1n) is 6.38. The zero-order valence-electron chi connectivity index (χ0n) is 12.4. The molecule has 2 aromatic rings. The minimum Gasteiger partial charge on any atom is -0.463 e. The molecule has 0 atom stereocenters. The van der Waals surface area contributed by atoms with Crippen LogP contribution in [0, 0.1) is 0 Å². The number of nitrogens with one attached hydrogen (secondary N) is 1. The van der Waals surface area contributed by atoms with Crippen LogP contribution in [0.5, 0.6) is 0 Å². The summed E-state index contributed by atoms with van der Waals surface area (Å²) in [7, 11) is 0.247. The van der Waals surface area contributed by atoms with Crippen molar-refractivity contribution in [3.8, 4) is 0 Å². The van der Waals surface area contributed by atoms with E-state index < -0.39 is 19.3 Å². The van der Waals surface area contributed by atoms with Gasteiger partial charge in [0.25, 0.3) is 5.78 Å². The Morgan fingerprint density at radius 2 is 1.77 bits per heavy atom. The number of aromatic nitrogens is 1. The van der Waals surface area contributed by atoms with E-state index in [0.29, 0.717) is 16.6 Å². The Labute approximate surface area is 127 Å². The number of Topliss-reactive ketones (excluding diaryl/α,β-unsaturated/α-hetero) is 1. The maximum Gasteiger partial charge on any atom is 0.379 e. The molecule has 22 heavy (non-hydrogen) atoms. The third kappa shape index (κ3) is 2.97. The number of hydrogen-bond acceptors (Lipinski definition) is 6. The minimum absolute atomic E-state index is 0.122. The van der Waals surface area contributed by atoms with Crippen LogP contribution in [0.25, 0.3) is 10.9 Å². The lowest BCUT2D eigenvalue weighted by Gasteiger charge is -2.13. The van der Waals surface area contributed by atoms with Gasteiger partial charge < -0.3 is 18.8 Å². The highest BCUT2D eigenvalue weighted by Crippen LogP contribution is 2.50. The van der Waals surface area contributed by atoms with Crippen molar-refractivity contribution in [2.24, 2.45) is 0 Å². The lowest BCUT2D eigenvalue weighted by molar-refractivity contribution is -0.135. The molecule has 8 heteroatoms. The van der Waals surface area contributed by atoms with Gasteiger partial charge in [0.2, 0.25) is 0 Å². The molecule has 0 aliphatic rings. The third-order valence-corrected chi connectivity index (χ3v) is 5.11. The zero-order valence-corrected chi connectivity index (χ0v) is 13.3. The first-order valence-corrected chi connectivity index (χ1v) is 8.11. The predicted molar refractivity (Wildman–Crippen MR) is 80.0 cm³/mol. The molecule has 1 N–H and O–H groups in total. The normalized spacial score (nSPS) is 11.6. The molecular formula is C14H16NO6P. The summed E-state index contributed by atoms with van der Waals surface area (Å²) >= 11 is 0. The Kier molecular flexibility index (Phi) is 4.81. The number of esters is 1. The van der Waals surface area contributed by atoms with Gasteiger partial charge >= 0.3 is 13.6 Å². The number of rotatable bonds is 6. The summed E-state index contributed by atoms with van der Waals surface area (Å²) in [6, 6.07) is 6.95. The summed E-state index contributed by atoms with van der Waals surface area (Å²) in [6.45, 7) is 0. The molecule has 0 unspecified atom stereocenters. The smallest absolute Gasteiger partial charge is 0.379 e. The van der Waals surface area contributed by atoms with Gasteiger partial charge in [0.1, 0.15) is 0 Å². The molecule has 0 spiro atoms. The molecule has 0 saturated carbocycles. The van der Waals surface area contributed by atoms with Crippen LogP contribution in [-0.2, 0) is 29.3 Å². The molecule has 1 heterocycles. The molecular weight excluding hydrogens is 309 g/mol. The second-order valence-corrected chi connectivity index (χ2v) is 6.75. The van der Waals surface area contributed by atoms with Gasteiger partial charge in [-0.25, -0.2) is 4.79 Å². The van der Waals surface area contributed by atoms with Crippen molar-refractivity contribution in [2.75, 3.05) is 21.3 Å². The van der Waals surface area contributed by atoms with Crippen LogP contribution in [-0.4, -0.2) is 38.1 Å². The largest absolute Gasteiger partial charge is 0.463 e. The van der Waals surface area contributed by atoms with E-state index in [0.717, 1.165) is 7.11 Å². The quantitative estimate of drug-likeness (QED) is 0.379. The van der Waals surface area contributed by atoms with Gasteiger partial charge in [0.05, 0.1) is 18.8 Å². The molecule has 118 valence electrons. The Balaban J connectivity index is 2.60. The molecule has 0 bridgehead atoms. The van der Waals surface area contributed by atoms with Crippen molar-refractivity contribution < 1.29 is 27.9 Å². The van der Waals surface area contributed by atoms with Crippen molar-refractivity contribution in [3.63, 3.8) is 0 Å². The average molecular weight is 325 g/mol. The van der Waals surface area contributed by atoms with Gasteiger partial charge in [-0.2, -0.15) is 0 Å². The fourth-order valence-electron chi connectivity index (χ4n) is 2.17. The van der Waals surface area contributed by atoms with Crippen LogP contribution in [0.15, 0.2) is 24.3 Å². The van der Waals surface area contributed by atoms with E-state index in [1.807, 2.05) is 0 Å². The Morgan fingerprint density at radius 1 is 1.14 bits per heavy atom. The van der Waals surface area contributed by atoms with Crippen molar-refractivity contribution in [3.05, 3.63) is 35.5 Å². The molecule has 1 aromatic heterocycles. The number of hydrogen-bond donors (Lipinski definition) is 1. The van der Waals surface area contributed by atoms with Gasteiger partial charge in [-0.05, 0) is 6.07 Å². The van der Waals surface area contributed by atoms with E-state index in [2.05, 4.69) is 9.72 Å². The Morgan fingerprint density at radius 3 is 2.36 bits per heavy atom. The van der Waals surface area contributed by atoms with E-state index in [-0.39, 0.29) is 11.7 Å². The summed E-state index contributed by atoms with van der Waals surface area (Å²) in [4.78, 5) is 26.8. The topological polar surface area (TPSA) is 94.7 Å². The number of ketones is 1. The summed E-state index contributed by atoms with van der Waals surface area (Å²) < 4.78 is 26.6. The van der Waals surface area contributed by atoms with Gasteiger partial charge in [-0.15, -0.1) is 0 Å². The maximum absolute atomic E-state index is 12.3. The lowest BCUT2D eigenvalue weighted by Crippen LogP contribution is -2.17. The standard InChI is InChI=1S/C14H16NO6P/c1-19-14(17)13(16)12-9-6-4-5-7-10(9)15-11(12)8-22(18,20-2)21-3/h4-7,15H,8H2,1-3H3. The van der Waals surface area contributed by atoms with E-state index in [1.165, 1.54) is 14.2 Å². The van der Waals surface area contributed by atoms with Crippen LogP contribution in [0.1, 0.15) is 16.1 Å². The second-order valence-electron chi connectivity index (χ2n) is 4.48. The van der Waals surface area contributed by atoms with Crippen LogP contribution in [0.4, 0.5) is 0 Å². The summed E-state index contributed by atoms with van der Waals surface area (Å²) in [5, 5.41) is 0.548. The van der Waals surface area contributed by atoms with Gasteiger partial charge in [-0.1, -0.05) is 18.2 Å². The summed E-state index contributed by atoms with van der Waals surface area (Å²) in [6.07, 6.45) is -0.160. The average Bonchev–Trinajstić information content (AvgIpc) is 2.90. The number of carbonyl (C=O) groups is 2. The second kappa shape index (κ2) is 6.44. The van der Waals surface area contributed by atoms with Gasteiger partial charge in [0, 0.05) is 30.8 Å². The van der Waals surface area contributed by atoms with E-state index in [1.54, 1.807) is 24.3 Å². The number of para-hydroxylation sites is 1. The predicted octanol–water partition coefficient (Wildman–Crippen LogP) is 2.51. The fraction of sp³-hybridized carbons (Fsp3) is 0.286. The number of benzene rings is 1. The highest BCUT2D eigenvalue weighted by Gasteiger charge is 2.30. The molecule has 2 rings (SSSR count). The number of H-pyrrole nitrogens is 1. The molecule has 0 fully saturated rings. The van der Waals surface area contributed by atoms with E-state index >= 15 is 0 Å². The number of methoxy groups -OCH3 is 1. The number of carbonyl (C=O) groups excluding carboxylic acids is 2. The van der Waals surface area contributed by atoms with Crippen LogP contribution in [0.3, 0.4) is 0 Å². The number of fused-ring (bicyclic) bond motifs is 1. The zero-order chi connectivity index (χ0) is 16.3. The minimum atomic E-state index is -3.40. The van der Waals surface area contributed by atoms with Crippen molar-refractivity contribution in [1.29, 1.82) is 0 Å². The third-order valence-electron chi connectivity index (χ3n) is 3.29. The van der Waals surface area contributed by atoms with E-state index in [4.69, 9.17) is 9.05 Å². The molecule has 0 amide bonds. The molecule has 1 aromatic carbocycles. The Hall–Kier alpha value is -1.95. The monoisotopic (exact) mass is 325 g/mol. The van der Waals surface area contributed by atoms with Crippen molar-refractivity contribution in [1.82, 2.24) is 4.98 Å².